The quantitative estimate of drug-likeness (QED) is 0.847. The topological polar surface area (TPSA) is 16.4 Å². The van der Waals surface area contributed by atoms with Crippen molar-refractivity contribution in [2.24, 2.45) is 0 Å². The van der Waals surface area contributed by atoms with E-state index >= 15 is 0 Å². The Bertz CT molecular complexity index is 421. The molecular formula is C12H14BrNOS. The number of aryl methyl sites for hydroxylation is 1. The van der Waals surface area contributed by atoms with Crippen molar-refractivity contribution in [1.29, 1.82) is 0 Å². The van der Waals surface area contributed by atoms with Crippen LogP contribution in [0, 0.1) is 6.92 Å². The fraction of sp³-hybridized carbons (Fsp3) is 0.333. The first-order chi connectivity index (χ1) is 7.63. The van der Waals surface area contributed by atoms with Crippen LogP contribution in [0.15, 0.2) is 32.5 Å². The first kappa shape index (κ1) is 11.9. The van der Waals surface area contributed by atoms with Gasteiger partial charge in [-0.15, -0.1) is 11.3 Å². The highest BCUT2D eigenvalue weighted by Crippen LogP contribution is 2.23. The van der Waals surface area contributed by atoms with Crippen LogP contribution in [0.4, 0.5) is 0 Å². The van der Waals surface area contributed by atoms with Crippen LogP contribution in [0.1, 0.15) is 16.4 Å². The number of rotatable bonds is 4. The van der Waals surface area contributed by atoms with Crippen LogP contribution in [0.25, 0.3) is 0 Å². The molecule has 0 amide bonds. The lowest BCUT2D eigenvalue weighted by Gasteiger charge is -2.13. The minimum Gasteiger partial charge on any atom is -0.465 e. The Morgan fingerprint density at radius 2 is 2.06 bits per heavy atom. The van der Waals surface area contributed by atoms with E-state index in [0.29, 0.717) is 0 Å². The first-order valence-corrected chi connectivity index (χ1v) is 6.72. The monoisotopic (exact) mass is 299 g/mol. The largest absolute Gasteiger partial charge is 0.465 e. The van der Waals surface area contributed by atoms with E-state index in [2.05, 4.69) is 40.0 Å². The maximum absolute atomic E-state index is 5.55. The predicted octanol–water partition coefficient (Wildman–Crippen LogP) is 4.04. The Balaban J connectivity index is 1.91. The lowest BCUT2D eigenvalue weighted by atomic mass is 10.4. The molecule has 0 aromatic carbocycles. The van der Waals surface area contributed by atoms with E-state index in [1.165, 1.54) is 8.66 Å². The molecule has 2 aromatic rings. The van der Waals surface area contributed by atoms with E-state index in [9.17, 15) is 0 Å². The van der Waals surface area contributed by atoms with Crippen molar-refractivity contribution < 1.29 is 4.42 Å². The molecule has 0 spiro atoms. The third-order valence-corrected chi connectivity index (χ3v) is 3.88. The van der Waals surface area contributed by atoms with E-state index in [-0.39, 0.29) is 0 Å². The van der Waals surface area contributed by atoms with Gasteiger partial charge in [-0.3, -0.25) is 4.90 Å². The molecule has 2 heterocycles. The van der Waals surface area contributed by atoms with Gasteiger partial charge in [0, 0.05) is 11.4 Å². The minimum atomic E-state index is 0.851. The van der Waals surface area contributed by atoms with Crippen molar-refractivity contribution >= 4 is 27.3 Å². The number of furan rings is 1. The Morgan fingerprint density at radius 3 is 2.62 bits per heavy atom. The highest BCUT2D eigenvalue weighted by atomic mass is 79.9. The summed E-state index contributed by atoms with van der Waals surface area (Å²) in [6.07, 6.45) is 0. The van der Waals surface area contributed by atoms with E-state index in [1.807, 2.05) is 19.1 Å². The zero-order chi connectivity index (χ0) is 11.5. The molecule has 0 bridgehead atoms. The van der Waals surface area contributed by atoms with Crippen molar-refractivity contribution in [3.8, 4) is 0 Å². The second kappa shape index (κ2) is 5.17. The average molecular weight is 300 g/mol. The lowest BCUT2D eigenvalue weighted by molar-refractivity contribution is 0.287. The number of hydrogen-bond acceptors (Lipinski definition) is 3. The van der Waals surface area contributed by atoms with E-state index in [4.69, 9.17) is 4.42 Å². The fourth-order valence-corrected chi connectivity index (χ4v) is 3.16. The van der Waals surface area contributed by atoms with Gasteiger partial charge in [0.05, 0.1) is 10.3 Å². The van der Waals surface area contributed by atoms with Crippen LogP contribution in [-0.4, -0.2) is 11.9 Å². The van der Waals surface area contributed by atoms with Crippen LogP contribution in [0.5, 0.6) is 0 Å². The van der Waals surface area contributed by atoms with Crippen LogP contribution < -0.4 is 0 Å². The Kier molecular flexibility index (Phi) is 3.84. The fourth-order valence-electron chi connectivity index (χ4n) is 1.59. The van der Waals surface area contributed by atoms with Gasteiger partial charge in [-0.2, -0.15) is 0 Å². The molecule has 0 aliphatic rings. The molecule has 2 nitrogen and oxygen atoms in total. The van der Waals surface area contributed by atoms with E-state index in [1.54, 1.807) is 11.3 Å². The number of halogens is 1. The van der Waals surface area contributed by atoms with Crippen molar-refractivity contribution in [3.05, 3.63) is 44.4 Å². The SMILES string of the molecule is Cc1ccc(CN(C)Cc2ccc(Br)s2)o1. The zero-order valence-corrected chi connectivity index (χ0v) is 11.8. The molecule has 0 fully saturated rings. The first-order valence-electron chi connectivity index (χ1n) is 5.11. The van der Waals surface area contributed by atoms with Gasteiger partial charge >= 0.3 is 0 Å². The summed E-state index contributed by atoms with van der Waals surface area (Å²) in [5, 5.41) is 0. The Labute approximate surface area is 108 Å². The second-order valence-electron chi connectivity index (χ2n) is 3.89. The lowest BCUT2D eigenvalue weighted by Crippen LogP contribution is -2.15. The van der Waals surface area contributed by atoms with Crippen molar-refractivity contribution in [3.63, 3.8) is 0 Å². The van der Waals surface area contributed by atoms with Gasteiger partial charge in [0.1, 0.15) is 11.5 Å². The van der Waals surface area contributed by atoms with Gasteiger partial charge in [0.15, 0.2) is 0 Å². The summed E-state index contributed by atoms with van der Waals surface area (Å²) in [6.45, 7) is 3.78. The van der Waals surface area contributed by atoms with Crippen molar-refractivity contribution in [2.75, 3.05) is 7.05 Å². The Morgan fingerprint density at radius 1 is 1.25 bits per heavy atom. The molecule has 16 heavy (non-hydrogen) atoms. The normalized spacial score (nSPS) is 11.2. The average Bonchev–Trinajstić information content (AvgIpc) is 2.76. The summed E-state index contributed by atoms with van der Waals surface area (Å²) in [5.74, 6) is 2.00. The molecule has 2 rings (SSSR count). The molecular weight excluding hydrogens is 286 g/mol. The summed E-state index contributed by atoms with van der Waals surface area (Å²) in [7, 11) is 2.10. The molecule has 2 aromatic heterocycles. The second-order valence-corrected chi connectivity index (χ2v) is 6.44. The van der Waals surface area contributed by atoms with E-state index in [0.717, 1.165) is 24.6 Å². The maximum Gasteiger partial charge on any atom is 0.118 e. The standard InChI is InChI=1S/C12H14BrNOS/c1-9-3-4-10(15-9)7-14(2)8-11-5-6-12(13)16-11/h3-6H,7-8H2,1-2H3. The molecule has 0 saturated carbocycles. The van der Waals surface area contributed by atoms with Crippen molar-refractivity contribution in [1.82, 2.24) is 4.90 Å². The highest BCUT2D eigenvalue weighted by molar-refractivity contribution is 9.11. The molecule has 0 aliphatic heterocycles. The summed E-state index contributed by atoms with van der Waals surface area (Å²) >= 11 is 5.25. The van der Waals surface area contributed by atoms with Gasteiger partial charge in [0.25, 0.3) is 0 Å². The summed E-state index contributed by atoms with van der Waals surface area (Å²) in [5.41, 5.74) is 0. The molecule has 0 N–H and O–H groups in total. The molecule has 4 heteroatoms. The van der Waals surface area contributed by atoms with Crippen molar-refractivity contribution in [2.45, 2.75) is 20.0 Å². The molecule has 0 radical (unpaired) electrons. The predicted molar refractivity (Wildman–Crippen MR) is 70.6 cm³/mol. The Hall–Kier alpha value is -0.580. The summed E-state index contributed by atoms with van der Waals surface area (Å²) < 4.78 is 6.73. The molecule has 0 aliphatic carbocycles. The smallest absolute Gasteiger partial charge is 0.118 e. The van der Waals surface area contributed by atoms with Crippen LogP contribution >= 0.6 is 27.3 Å². The molecule has 0 unspecified atom stereocenters. The van der Waals surface area contributed by atoms with E-state index < -0.39 is 0 Å². The molecule has 86 valence electrons. The van der Waals surface area contributed by atoms with Gasteiger partial charge in [-0.05, 0) is 54.2 Å². The number of nitrogens with zero attached hydrogens (tertiary/aromatic N) is 1. The highest BCUT2D eigenvalue weighted by Gasteiger charge is 2.06. The minimum absolute atomic E-state index is 0.851. The number of hydrogen-bond donors (Lipinski definition) is 0. The summed E-state index contributed by atoms with van der Waals surface area (Å²) in [4.78, 5) is 3.61. The third kappa shape index (κ3) is 3.20. The molecule has 0 atom stereocenters. The van der Waals surface area contributed by atoms with Gasteiger partial charge < -0.3 is 4.42 Å². The van der Waals surface area contributed by atoms with Gasteiger partial charge in [0.2, 0.25) is 0 Å². The summed E-state index contributed by atoms with van der Waals surface area (Å²) in [6, 6.07) is 8.28. The molecule has 0 saturated heterocycles. The number of thiophene rings is 1. The van der Waals surface area contributed by atoms with Gasteiger partial charge in [-0.25, -0.2) is 0 Å². The van der Waals surface area contributed by atoms with Crippen LogP contribution in [0.2, 0.25) is 0 Å². The van der Waals surface area contributed by atoms with Crippen LogP contribution in [-0.2, 0) is 13.1 Å². The zero-order valence-electron chi connectivity index (χ0n) is 9.37. The van der Waals surface area contributed by atoms with Crippen LogP contribution in [0.3, 0.4) is 0 Å². The third-order valence-electron chi connectivity index (χ3n) is 2.28. The van der Waals surface area contributed by atoms with Gasteiger partial charge in [-0.1, -0.05) is 0 Å². The maximum atomic E-state index is 5.55.